The van der Waals surface area contributed by atoms with Gasteiger partial charge >= 0.3 is 0 Å². The van der Waals surface area contributed by atoms with Crippen LogP contribution in [0.5, 0.6) is 5.75 Å². The predicted octanol–water partition coefficient (Wildman–Crippen LogP) is 3.54. The van der Waals surface area contributed by atoms with Crippen LogP contribution >= 0.6 is 0 Å². The molecule has 230 valence electrons. The third kappa shape index (κ3) is 5.41. The number of ketones is 1. The minimum atomic E-state index is -0.402. The molecule has 2 amide bonds. The fourth-order valence-corrected chi connectivity index (χ4v) is 6.20. The molecule has 0 bridgehead atoms. The molecular weight excluding hydrogens is 572 g/mol. The van der Waals surface area contributed by atoms with Gasteiger partial charge in [0.2, 0.25) is 0 Å². The highest BCUT2D eigenvalue weighted by atomic mass is 16.5. The Balaban J connectivity index is 1.30. The second kappa shape index (κ2) is 12.3. The molecule has 1 fully saturated rings. The number of aromatic nitrogens is 3. The number of nitrogens with one attached hydrogen (secondary N) is 2. The van der Waals surface area contributed by atoms with E-state index in [-0.39, 0.29) is 47.0 Å². The summed E-state index contributed by atoms with van der Waals surface area (Å²) in [6.07, 6.45) is 3.00. The van der Waals surface area contributed by atoms with Crippen LogP contribution in [0, 0.1) is 0 Å². The maximum absolute atomic E-state index is 14.1. The molecule has 1 aliphatic heterocycles. The lowest BCUT2D eigenvalue weighted by molar-refractivity contribution is 0.0917. The van der Waals surface area contributed by atoms with Gasteiger partial charge in [-0.15, -0.1) is 0 Å². The van der Waals surface area contributed by atoms with Gasteiger partial charge in [-0.1, -0.05) is 48.5 Å². The Morgan fingerprint density at radius 1 is 0.978 bits per heavy atom. The van der Waals surface area contributed by atoms with Gasteiger partial charge in [0.05, 0.1) is 24.7 Å². The van der Waals surface area contributed by atoms with E-state index in [9.17, 15) is 19.2 Å². The highest BCUT2D eigenvalue weighted by molar-refractivity contribution is 6.12. The lowest BCUT2D eigenvalue weighted by Crippen LogP contribution is -2.45. The van der Waals surface area contributed by atoms with Gasteiger partial charge in [0.15, 0.2) is 17.2 Å². The molecule has 1 aliphatic rings. The van der Waals surface area contributed by atoms with E-state index in [2.05, 4.69) is 20.5 Å². The van der Waals surface area contributed by atoms with E-state index in [1.165, 1.54) is 11.7 Å². The molecule has 4 heterocycles. The number of hydrogen-bond acceptors (Lipinski definition) is 7. The van der Waals surface area contributed by atoms with Crippen molar-refractivity contribution in [2.45, 2.75) is 25.4 Å². The molecule has 2 aromatic carbocycles. The van der Waals surface area contributed by atoms with Crippen LogP contribution in [0.2, 0.25) is 0 Å². The van der Waals surface area contributed by atoms with Crippen molar-refractivity contribution in [1.82, 2.24) is 24.8 Å². The van der Waals surface area contributed by atoms with Crippen LogP contribution in [0.15, 0.2) is 77.7 Å². The highest BCUT2D eigenvalue weighted by Gasteiger charge is 2.30. The number of pyridine rings is 2. The number of ether oxygens (including phenoxy) is 1. The van der Waals surface area contributed by atoms with Crippen LogP contribution < -0.4 is 25.8 Å². The molecule has 11 nitrogen and oxygen atoms in total. The number of hydrogen-bond donors (Lipinski definition) is 2. The molecule has 0 atom stereocenters. The highest BCUT2D eigenvalue weighted by Crippen LogP contribution is 2.35. The van der Waals surface area contributed by atoms with Gasteiger partial charge in [-0.3, -0.25) is 28.7 Å². The third-order valence-electron chi connectivity index (χ3n) is 8.47. The van der Waals surface area contributed by atoms with Gasteiger partial charge in [-0.2, -0.15) is 0 Å². The van der Waals surface area contributed by atoms with E-state index in [4.69, 9.17) is 4.74 Å². The van der Waals surface area contributed by atoms with Crippen molar-refractivity contribution in [2.24, 2.45) is 7.05 Å². The van der Waals surface area contributed by atoms with Crippen LogP contribution in [-0.2, 0) is 13.6 Å². The smallest absolute Gasteiger partial charge is 0.272 e. The molecule has 0 radical (unpaired) electrons. The molecule has 11 heteroatoms. The number of carbonyl (C=O) groups excluding carboxylic acids is 3. The number of rotatable bonds is 8. The van der Waals surface area contributed by atoms with E-state index in [1.807, 2.05) is 36.4 Å². The van der Waals surface area contributed by atoms with E-state index < -0.39 is 5.56 Å². The number of fused-ring (bicyclic) bond motifs is 3. The monoisotopic (exact) mass is 606 g/mol. The Kier molecular flexibility index (Phi) is 8.08. The molecule has 0 saturated carbocycles. The van der Waals surface area contributed by atoms with Gasteiger partial charge in [0.25, 0.3) is 17.4 Å². The van der Waals surface area contributed by atoms with Crippen LogP contribution in [-0.4, -0.2) is 65.0 Å². The average molecular weight is 607 g/mol. The van der Waals surface area contributed by atoms with Crippen molar-refractivity contribution in [3.63, 3.8) is 0 Å². The first kappa shape index (κ1) is 29.6. The molecule has 3 aromatic heterocycles. The first-order valence-electron chi connectivity index (χ1n) is 14.8. The molecule has 0 unspecified atom stereocenters. The molecule has 2 N–H and O–H groups in total. The summed E-state index contributed by atoms with van der Waals surface area (Å²) in [7, 11) is 4.77. The lowest BCUT2D eigenvalue weighted by atomic mass is 10.0. The van der Waals surface area contributed by atoms with Crippen molar-refractivity contribution >= 4 is 45.1 Å². The fourth-order valence-electron chi connectivity index (χ4n) is 6.20. The molecule has 6 rings (SSSR count). The molecule has 45 heavy (non-hydrogen) atoms. The second-order valence-electron chi connectivity index (χ2n) is 11.1. The number of carbonyl (C=O) groups is 3. The van der Waals surface area contributed by atoms with E-state index in [1.54, 1.807) is 55.2 Å². The molecule has 0 spiro atoms. The van der Waals surface area contributed by atoms with Crippen LogP contribution in [0.1, 0.15) is 44.2 Å². The van der Waals surface area contributed by atoms with Crippen molar-refractivity contribution < 1.29 is 19.1 Å². The minimum Gasteiger partial charge on any atom is -0.493 e. The fraction of sp³-hybridized carbons (Fsp3) is 0.265. The minimum absolute atomic E-state index is 0.103. The van der Waals surface area contributed by atoms with Crippen LogP contribution in [0.25, 0.3) is 21.8 Å². The predicted molar refractivity (Wildman–Crippen MR) is 172 cm³/mol. The third-order valence-corrected chi connectivity index (χ3v) is 8.47. The van der Waals surface area contributed by atoms with Crippen LogP contribution in [0.4, 0.5) is 5.69 Å². The number of benzene rings is 2. The Hall–Kier alpha value is -5.45. The number of anilines is 1. The first-order valence-corrected chi connectivity index (χ1v) is 14.8. The van der Waals surface area contributed by atoms with Crippen LogP contribution in [0.3, 0.4) is 0 Å². The zero-order valence-corrected chi connectivity index (χ0v) is 25.4. The lowest BCUT2D eigenvalue weighted by Gasteiger charge is -2.34. The van der Waals surface area contributed by atoms with Crippen molar-refractivity contribution in [3.05, 3.63) is 100 Å². The quantitative estimate of drug-likeness (QED) is 0.259. The number of Topliss-reactive ketones (excluding diaryl/α,β-unsaturated/α-hetero) is 1. The van der Waals surface area contributed by atoms with Crippen molar-refractivity contribution in [3.8, 4) is 5.75 Å². The number of methoxy groups -OCH3 is 1. The summed E-state index contributed by atoms with van der Waals surface area (Å²) >= 11 is 0. The first-order chi connectivity index (χ1) is 21.8. The molecule has 0 aliphatic carbocycles. The Bertz CT molecular complexity index is 1990. The summed E-state index contributed by atoms with van der Waals surface area (Å²) in [5.41, 5.74) is 2.77. The SMILES string of the molecule is CNC(=O)c1cc(N2CCC(NC(=O)c3c(OC)c4c(=O)n(CC(=O)c5ccccc5)c5ccccc5c4n3C)CC2)ccn1. The number of piperidine rings is 1. The maximum atomic E-state index is 14.1. The Morgan fingerprint density at radius 3 is 2.40 bits per heavy atom. The van der Waals surface area contributed by atoms with Gasteiger partial charge in [0.1, 0.15) is 11.1 Å². The maximum Gasteiger partial charge on any atom is 0.272 e. The normalized spacial score (nSPS) is 13.6. The number of nitrogens with zero attached hydrogens (tertiary/aromatic N) is 4. The topological polar surface area (TPSA) is 128 Å². The largest absolute Gasteiger partial charge is 0.493 e. The molecule has 5 aromatic rings. The van der Waals surface area contributed by atoms with Gasteiger partial charge in [-0.05, 0) is 31.0 Å². The molecular formula is C34H34N6O5. The Labute approximate surface area is 259 Å². The molecule has 1 saturated heterocycles. The zero-order valence-electron chi connectivity index (χ0n) is 25.4. The number of aryl methyl sites for hydroxylation is 1. The van der Waals surface area contributed by atoms with Gasteiger partial charge in [0, 0.05) is 56.1 Å². The summed E-state index contributed by atoms with van der Waals surface area (Å²) in [6.45, 7) is 1.21. The summed E-state index contributed by atoms with van der Waals surface area (Å²) in [4.78, 5) is 59.4. The van der Waals surface area contributed by atoms with Gasteiger partial charge < -0.3 is 24.8 Å². The van der Waals surface area contributed by atoms with Crippen molar-refractivity contribution in [2.75, 3.05) is 32.1 Å². The standard InChI is InChI=1S/C34H34N6O5/c1-35-32(42)25-19-23(13-16-36-25)39-17-14-22(15-18-39)37-33(43)30-31(45-3)28-29(38(30)2)24-11-7-8-12-26(24)40(34(28)44)20-27(41)21-9-5-4-6-10-21/h4-13,16,19,22H,14-15,17-18,20H2,1-3H3,(H,35,42)(H,37,43). The summed E-state index contributed by atoms with van der Waals surface area (Å²) < 4.78 is 8.92. The average Bonchev–Trinajstić information content (AvgIpc) is 3.39. The summed E-state index contributed by atoms with van der Waals surface area (Å²) in [6, 6.07) is 19.8. The summed E-state index contributed by atoms with van der Waals surface area (Å²) in [5.74, 6) is -0.605. The van der Waals surface area contributed by atoms with E-state index in [0.29, 0.717) is 48.2 Å². The zero-order chi connectivity index (χ0) is 31.7. The summed E-state index contributed by atoms with van der Waals surface area (Å²) in [5, 5.41) is 6.73. The number of para-hydroxylation sites is 1. The van der Waals surface area contributed by atoms with E-state index >= 15 is 0 Å². The van der Waals surface area contributed by atoms with Gasteiger partial charge in [-0.25, -0.2) is 0 Å². The number of amides is 2. The van der Waals surface area contributed by atoms with Crippen molar-refractivity contribution in [1.29, 1.82) is 0 Å². The second-order valence-corrected chi connectivity index (χ2v) is 11.1. The Morgan fingerprint density at radius 2 is 1.69 bits per heavy atom. The van der Waals surface area contributed by atoms with E-state index in [0.717, 1.165) is 11.1 Å².